The fourth-order valence-corrected chi connectivity index (χ4v) is 3.57. The number of benzene rings is 1. The summed E-state index contributed by atoms with van der Waals surface area (Å²) in [6.45, 7) is 3.84. The highest BCUT2D eigenvalue weighted by Gasteiger charge is 2.14. The van der Waals surface area contributed by atoms with Crippen molar-refractivity contribution in [3.05, 3.63) is 66.0 Å². The van der Waals surface area contributed by atoms with Gasteiger partial charge >= 0.3 is 0 Å². The Kier molecular flexibility index (Phi) is 6.74. The zero-order chi connectivity index (χ0) is 15.8. The van der Waals surface area contributed by atoms with Crippen LogP contribution in [-0.4, -0.2) is 39.5 Å². The first-order chi connectivity index (χ1) is 10.6. The summed E-state index contributed by atoms with van der Waals surface area (Å²) >= 11 is 0. The summed E-state index contributed by atoms with van der Waals surface area (Å²) in [5.41, 5.74) is 2.25. The second kappa shape index (κ2) is 8.81. The van der Waals surface area contributed by atoms with Gasteiger partial charge in [-0.15, -0.1) is 0 Å². The summed E-state index contributed by atoms with van der Waals surface area (Å²) in [5, 5.41) is 0.161. The van der Waals surface area contributed by atoms with Gasteiger partial charge in [-0.2, -0.15) is 0 Å². The van der Waals surface area contributed by atoms with Crippen LogP contribution in [0.4, 0.5) is 0 Å². The molecule has 1 aromatic carbocycles. The van der Waals surface area contributed by atoms with Crippen LogP contribution in [0, 0.1) is 0 Å². The maximum absolute atomic E-state index is 12.4. The standard InChI is InChI=1S/C18H24N2OS/c1-16(22(21)15-17-8-4-3-5-9-17)14-20(2)13-11-18-10-6-7-12-19-18/h3-10,12,16H,11,13-15H2,1-2H3. The van der Waals surface area contributed by atoms with Gasteiger partial charge in [-0.1, -0.05) is 36.4 Å². The molecule has 0 radical (unpaired) electrons. The number of nitrogens with zero attached hydrogens (tertiary/aromatic N) is 2. The Morgan fingerprint density at radius 3 is 2.55 bits per heavy atom. The third-order valence-corrected chi connectivity index (χ3v) is 5.31. The molecule has 0 aliphatic rings. The van der Waals surface area contributed by atoms with Crippen LogP contribution in [0.25, 0.3) is 0 Å². The van der Waals surface area contributed by atoms with Gasteiger partial charge in [-0.3, -0.25) is 9.19 Å². The van der Waals surface area contributed by atoms with E-state index in [9.17, 15) is 4.21 Å². The number of pyridine rings is 1. The third-order valence-electron chi connectivity index (χ3n) is 3.65. The van der Waals surface area contributed by atoms with E-state index < -0.39 is 10.8 Å². The molecule has 2 aromatic rings. The van der Waals surface area contributed by atoms with Gasteiger partial charge in [0, 0.05) is 53.2 Å². The summed E-state index contributed by atoms with van der Waals surface area (Å²) in [6.07, 6.45) is 2.75. The molecule has 0 amide bonds. The predicted molar refractivity (Wildman–Crippen MR) is 93.2 cm³/mol. The summed E-state index contributed by atoms with van der Waals surface area (Å²) in [7, 11) is 1.24. The monoisotopic (exact) mass is 316 g/mol. The maximum Gasteiger partial charge on any atom is 0.0488 e. The molecule has 0 N–H and O–H groups in total. The van der Waals surface area contributed by atoms with Crippen LogP contribution in [-0.2, 0) is 23.0 Å². The first-order valence-corrected chi connectivity index (χ1v) is 9.03. The molecule has 0 saturated carbocycles. The first kappa shape index (κ1) is 16.8. The SMILES string of the molecule is CC(CN(C)CCc1ccccn1)S(=O)Cc1ccccc1. The molecule has 118 valence electrons. The molecule has 0 aliphatic heterocycles. The van der Waals surface area contributed by atoms with Crippen molar-refractivity contribution in [1.82, 2.24) is 9.88 Å². The molecule has 0 fully saturated rings. The summed E-state index contributed by atoms with van der Waals surface area (Å²) in [5.74, 6) is 0.635. The van der Waals surface area contributed by atoms with Crippen LogP contribution in [0.3, 0.4) is 0 Å². The summed E-state index contributed by atoms with van der Waals surface area (Å²) in [6, 6.07) is 16.0. The number of likely N-dealkylation sites (N-methyl/N-ethyl adjacent to an activating group) is 1. The van der Waals surface area contributed by atoms with Gasteiger partial charge in [0.25, 0.3) is 0 Å². The molecule has 0 spiro atoms. The van der Waals surface area contributed by atoms with E-state index in [1.165, 1.54) is 0 Å². The van der Waals surface area contributed by atoms with Crippen LogP contribution in [0.15, 0.2) is 54.7 Å². The number of rotatable bonds is 8. The van der Waals surface area contributed by atoms with Crippen LogP contribution >= 0.6 is 0 Å². The van der Waals surface area contributed by atoms with Crippen molar-refractivity contribution in [2.45, 2.75) is 24.3 Å². The third kappa shape index (κ3) is 5.70. The smallest absolute Gasteiger partial charge is 0.0488 e. The Bertz CT molecular complexity index is 574. The second-order valence-electron chi connectivity index (χ2n) is 5.65. The zero-order valence-electron chi connectivity index (χ0n) is 13.3. The number of hydrogen-bond donors (Lipinski definition) is 0. The highest BCUT2D eigenvalue weighted by Crippen LogP contribution is 2.08. The fraction of sp³-hybridized carbons (Fsp3) is 0.389. The molecular weight excluding hydrogens is 292 g/mol. The van der Waals surface area contributed by atoms with Crippen LogP contribution in [0.2, 0.25) is 0 Å². The molecule has 2 rings (SSSR count). The van der Waals surface area contributed by atoms with Crippen molar-refractivity contribution in [1.29, 1.82) is 0 Å². The Labute approximate surface area is 135 Å². The van der Waals surface area contributed by atoms with E-state index in [0.717, 1.165) is 30.8 Å². The van der Waals surface area contributed by atoms with Crippen LogP contribution < -0.4 is 0 Å². The predicted octanol–water partition coefficient (Wildman–Crippen LogP) is 2.89. The van der Waals surface area contributed by atoms with E-state index >= 15 is 0 Å². The molecule has 3 nitrogen and oxygen atoms in total. The van der Waals surface area contributed by atoms with Crippen molar-refractivity contribution in [3.63, 3.8) is 0 Å². The van der Waals surface area contributed by atoms with Gasteiger partial charge in [0.05, 0.1) is 0 Å². The number of aromatic nitrogens is 1. The lowest BCUT2D eigenvalue weighted by atomic mass is 10.2. The van der Waals surface area contributed by atoms with Crippen molar-refractivity contribution >= 4 is 10.8 Å². The molecule has 2 unspecified atom stereocenters. The van der Waals surface area contributed by atoms with Crippen molar-refractivity contribution in [3.8, 4) is 0 Å². The molecule has 0 saturated heterocycles. The Balaban J connectivity index is 1.75. The minimum atomic E-state index is -0.842. The Morgan fingerprint density at radius 1 is 1.14 bits per heavy atom. The average Bonchev–Trinajstić information content (AvgIpc) is 2.55. The maximum atomic E-state index is 12.4. The van der Waals surface area contributed by atoms with Gasteiger partial charge < -0.3 is 4.90 Å². The minimum Gasteiger partial charge on any atom is -0.305 e. The van der Waals surface area contributed by atoms with Crippen molar-refractivity contribution < 1.29 is 4.21 Å². The van der Waals surface area contributed by atoms with E-state index in [1.54, 1.807) is 0 Å². The molecule has 2 atom stereocenters. The second-order valence-corrected chi connectivity index (χ2v) is 7.51. The first-order valence-electron chi connectivity index (χ1n) is 7.64. The van der Waals surface area contributed by atoms with E-state index in [0.29, 0.717) is 5.75 Å². The lowest BCUT2D eigenvalue weighted by Gasteiger charge is -2.21. The lowest BCUT2D eigenvalue weighted by molar-refractivity contribution is 0.340. The van der Waals surface area contributed by atoms with Crippen molar-refractivity contribution in [2.24, 2.45) is 0 Å². The molecule has 0 bridgehead atoms. The highest BCUT2D eigenvalue weighted by molar-refractivity contribution is 7.84. The minimum absolute atomic E-state index is 0.161. The normalized spacial score (nSPS) is 14.0. The van der Waals surface area contributed by atoms with Crippen molar-refractivity contribution in [2.75, 3.05) is 20.1 Å². The highest BCUT2D eigenvalue weighted by atomic mass is 32.2. The molecule has 4 heteroatoms. The van der Waals surface area contributed by atoms with E-state index in [2.05, 4.69) is 23.9 Å². The van der Waals surface area contributed by atoms with E-state index in [-0.39, 0.29) is 5.25 Å². The summed E-state index contributed by atoms with van der Waals surface area (Å²) < 4.78 is 12.4. The van der Waals surface area contributed by atoms with Gasteiger partial charge in [-0.25, -0.2) is 0 Å². The Morgan fingerprint density at radius 2 is 1.86 bits per heavy atom. The van der Waals surface area contributed by atoms with Gasteiger partial charge in [0.1, 0.15) is 0 Å². The van der Waals surface area contributed by atoms with Crippen LogP contribution in [0.5, 0.6) is 0 Å². The quantitative estimate of drug-likeness (QED) is 0.751. The largest absolute Gasteiger partial charge is 0.305 e. The topological polar surface area (TPSA) is 33.2 Å². The number of hydrogen-bond acceptors (Lipinski definition) is 3. The van der Waals surface area contributed by atoms with Gasteiger partial charge in [-0.05, 0) is 31.7 Å². The van der Waals surface area contributed by atoms with E-state index in [4.69, 9.17) is 0 Å². The summed E-state index contributed by atoms with van der Waals surface area (Å²) in [4.78, 5) is 6.57. The molecule has 1 heterocycles. The fourth-order valence-electron chi connectivity index (χ4n) is 2.35. The molecule has 1 aromatic heterocycles. The molecular formula is C18H24N2OS. The Hall–Kier alpha value is -1.52. The van der Waals surface area contributed by atoms with Gasteiger partial charge in [0.15, 0.2) is 0 Å². The van der Waals surface area contributed by atoms with E-state index in [1.807, 2.05) is 54.7 Å². The lowest BCUT2D eigenvalue weighted by Crippen LogP contribution is -2.32. The zero-order valence-corrected chi connectivity index (χ0v) is 14.1. The van der Waals surface area contributed by atoms with Crippen LogP contribution in [0.1, 0.15) is 18.2 Å². The average molecular weight is 316 g/mol. The van der Waals surface area contributed by atoms with Gasteiger partial charge in [0.2, 0.25) is 0 Å². The molecule has 22 heavy (non-hydrogen) atoms. The molecule has 0 aliphatic carbocycles.